The van der Waals surface area contributed by atoms with Gasteiger partial charge in [0.1, 0.15) is 30.2 Å². The van der Waals surface area contributed by atoms with Crippen molar-refractivity contribution in [3.8, 4) is 5.75 Å². The summed E-state index contributed by atoms with van der Waals surface area (Å²) >= 11 is 0. The average molecular weight is 330 g/mol. The van der Waals surface area contributed by atoms with Crippen molar-refractivity contribution in [1.82, 2.24) is 0 Å². The lowest BCUT2D eigenvalue weighted by molar-refractivity contribution is -0.302. The zero-order valence-corrected chi connectivity index (χ0v) is 12.4. The molecule has 1 unspecified atom stereocenters. The number of aliphatic hydroxyl groups is 5. The second kappa shape index (κ2) is 8.02. The Labute approximate surface area is 133 Å². The highest BCUT2D eigenvalue weighted by Gasteiger charge is 2.44. The fourth-order valence-electron chi connectivity index (χ4n) is 2.42. The maximum Gasteiger partial charge on any atom is 0.186 e. The molecule has 0 aromatic heterocycles. The van der Waals surface area contributed by atoms with Crippen LogP contribution in [0.2, 0.25) is 0 Å². The van der Waals surface area contributed by atoms with E-state index >= 15 is 0 Å². The van der Waals surface area contributed by atoms with Gasteiger partial charge in [-0.3, -0.25) is 0 Å². The van der Waals surface area contributed by atoms with Crippen molar-refractivity contribution in [1.29, 1.82) is 0 Å². The Kier molecular flexibility index (Phi) is 6.31. The summed E-state index contributed by atoms with van der Waals surface area (Å²) in [6.45, 7) is -0.793. The maximum atomic E-state index is 9.88. The molecule has 1 saturated heterocycles. The molecule has 0 radical (unpaired) electrons. The van der Waals surface area contributed by atoms with Crippen LogP contribution in [-0.2, 0) is 9.47 Å². The quantitative estimate of drug-likeness (QED) is 0.362. The fourth-order valence-corrected chi connectivity index (χ4v) is 2.42. The van der Waals surface area contributed by atoms with E-state index in [-0.39, 0.29) is 19.0 Å². The Balaban J connectivity index is 1.98. The number of phenols is 1. The number of phenolic OH excluding ortho intramolecular Hbond substituents is 1. The molecule has 1 aliphatic rings. The molecule has 0 saturated carbocycles. The molecule has 6 atom stereocenters. The molecule has 8 nitrogen and oxygen atoms in total. The Hall–Kier alpha value is -1.26. The van der Waals surface area contributed by atoms with E-state index in [0.29, 0.717) is 0 Å². The Morgan fingerprint density at radius 3 is 2.22 bits per heavy atom. The Morgan fingerprint density at radius 2 is 1.65 bits per heavy atom. The predicted octanol–water partition coefficient (Wildman–Crippen LogP) is -1.72. The molecular formula is C15H22O8. The molecule has 130 valence electrons. The van der Waals surface area contributed by atoms with Gasteiger partial charge in [0, 0.05) is 5.92 Å². The molecule has 2 rings (SSSR count). The van der Waals surface area contributed by atoms with E-state index in [1.165, 1.54) is 12.1 Å². The van der Waals surface area contributed by atoms with Crippen LogP contribution in [-0.4, -0.2) is 81.2 Å². The first-order valence-corrected chi connectivity index (χ1v) is 7.29. The molecule has 0 amide bonds. The number of rotatable bonds is 6. The van der Waals surface area contributed by atoms with Crippen LogP contribution in [0.4, 0.5) is 0 Å². The maximum absolute atomic E-state index is 9.88. The minimum absolute atomic E-state index is 0.0238. The molecule has 0 bridgehead atoms. The van der Waals surface area contributed by atoms with Gasteiger partial charge in [0.2, 0.25) is 0 Å². The molecule has 0 aliphatic carbocycles. The topological polar surface area (TPSA) is 140 Å². The highest BCUT2D eigenvalue weighted by atomic mass is 16.7. The molecule has 1 aromatic carbocycles. The molecule has 1 aliphatic heterocycles. The van der Waals surface area contributed by atoms with Crippen LogP contribution in [0.5, 0.6) is 5.75 Å². The first-order valence-electron chi connectivity index (χ1n) is 7.29. The highest BCUT2D eigenvalue weighted by molar-refractivity contribution is 5.28. The van der Waals surface area contributed by atoms with E-state index in [2.05, 4.69) is 0 Å². The van der Waals surface area contributed by atoms with Gasteiger partial charge >= 0.3 is 0 Å². The van der Waals surface area contributed by atoms with Crippen LogP contribution in [0, 0.1) is 0 Å². The van der Waals surface area contributed by atoms with Crippen molar-refractivity contribution in [3.05, 3.63) is 29.8 Å². The fraction of sp³-hybridized carbons (Fsp3) is 0.600. The Bertz CT molecular complexity index is 477. The van der Waals surface area contributed by atoms with Crippen molar-refractivity contribution in [3.63, 3.8) is 0 Å². The highest BCUT2D eigenvalue weighted by Crippen LogP contribution is 2.24. The number of aliphatic hydroxyl groups excluding tert-OH is 5. The first-order chi connectivity index (χ1) is 11.0. The van der Waals surface area contributed by atoms with Crippen molar-refractivity contribution < 1.29 is 40.1 Å². The van der Waals surface area contributed by atoms with Gasteiger partial charge in [-0.1, -0.05) is 12.1 Å². The number of ether oxygens (including phenoxy) is 2. The van der Waals surface area contributed by atoms with Gasteiger partial charge in [-0.05, 0) is 17.7 Å². The number of hydrogen-bond acceptors (Lipinski definition) is 8. The van der Waals surface area contributed by atoms with E-state index in [1.54, 1.807) is 12.1 Å². The monoisotopic (exact) mass is 330 g/mol. The molecule has 1 fully saturated rings. The van der Waals surface area contributed by atoms with Crippen LogP contribution in [0.15, 0.2) is 24.3 Å². The number of benzene rings is 1. The number of aromatic hydroxyl groups is 1. The van der Waals surface area contributed by atoms with Gasteiger partial charge in [-0.15, -0.1) is 0 Å². The third-order valence-corrected chi connectivity index (χ3v) is 3.90. The molecule has 1 heterocycles. The standard InChI is InChI=1S/C15H22O8/c16-5-9(8-1-3-10(18)4-2-8)7-22-15-14(21)13(20)12(19)11(6-17)23-15/h1-4,9,11-21H,5-7H2/t9?,11-,12-,13+,14-,15-/m1/s1. The second-order valence-corrected chi connectivity index (χ2v) is 5.50. The predicted molar refractivity (Wildman–Crippen MR) is 77.7 cm³/mol. The lowest BCUT2D eigenvalue weighted by Crippen LogP contribution is -2.59. The molecule has 8 heteroatoms. The van der Waals surface area contributed by atoms with Gasteiger partial charge in [0.25, 0.3) is 0 Å². The number of hydrogen-bond donors (Lipinski definition) is 6. The van der Waals surface area contributed by atoms with E-state index in [9.17, 15) is 25.5 Å². The van der Waals surface area contributed by atoms with Gasteiger partial charge in [-0.25, -0.2) is 0 Å². The minimum atomic E-state index is -1.51. The summed E-state index contributed by atoms with van der Waals surface area (Å²) in [6, 6.07) is 6.22. The molecular weight excluding hydrogens is 308 g/mol. The van der Waals surface area contributed by atoms with Crippen molar-refractivity contribution >= 4 is 0 Å². The van der Waals surface area contributed by atoms with Crippen LogP contribution < -0.4 is 0 Å². The van der Waals surface area contributed by atoms with Gasteiger partial charge < -0.3 is 40.1 Å². The molecule has 0 spiro atoms. The van der Waals surface area contributed by atoms with E-state index < -0.39 is 43.2 Å². The van der Waals surface area contributed by atoms with Crippen molar-refractivity contribution in [2.24, 2.45) is 0 Å². The summed E-state index contributed by atoms with van der Waals surface area (Å²) in [4.78, 5) is 0. The smallest absolute Gasteiger partial charge is 0.186 e. The van der Waals surface area contributed by atoms with Gasteiger partial charge in [-0.2, -0.15) is 0 Å². The van der Waals surface area contributed by atoms with E-state index in [1.807, 2.05) is 0 Å². The molecule has 1 aromatic rings. The van der Waals surface area contributed by atoms with Crippen LogP contribution in [0.3, 0.4) is 0 Å². The average Bonchev–Trinajstić information content (AvgIpc) is 2.56. The lowest BCUT2D eigenvalue weighted by Gasteiger charge is -2.39. The molecule has 6 N–H and O–H groups in total. The summed E-state index contributed by atoms with van der Waals surface area (Å²) in [5.74, 6) is -0.330. The first kappa shape index (κ1) is 18.1. The van der Waals surface area contributed by atoms with Gasteiger partial charge in [0.15, 0.2) is 6.29 Å². The molecule has 23 heavy (non-hydrogen) atoms. The zero-order valence-electron chi connectivity index (χ0n) is 12.4. The van der Waals surface area contributed by atoms with E-state index in [0.717, 1.165) is 5.56 Å². The Morgan fingerprint density at radius 1 is 1.00 bits per heavy atom. The summed E-state index contributed by atoms with van der Waals surface area (Å²) in [6.07, 6.45) is -6.71. The normalized spacial score (nSPS) is 32.7. The summed E-state index contributed by atoms with van der Waals surface area (Å²) in [7, 11) is 0. The lowest BCUT2D eigenvalue weighted by atomic mass is 9.98. The third-order valence-electron chi connectivity index (χ3n) is 3.90. The summed E-state index contributed by atoms with van der Waals surface area (Å²) in [5, 5.41) is 57.1. The third kappa shape index (κ3) is 4.18. The summed E-state index contributed by atoms with van der Waals surface area (Å²) in [5.41, 5.74) is 0.717. The largest absolute Gasteiger partial charge is 0.508 e. The SMILES string of the molecule is OCC(CO[C@@H]1O[C@H](CO)[C@@H](O)[C@H](O)[C@H]1O)c1ccc(O)cc1. The minimum Gasteiger partial charge on any atom is -0.508 e. The summed E-state index contributed by atoms with van der Waals surface area (Å²) < 4.78 is 10.6. The zero-order chi connectivity index (χ0) is 17.0. The second-order valence-electron chi connectivity index (χ2n) is 5.50. The van der Waals surface area contributed by atoms with Gasteiger partial charge in [0.05, 0.1) is 19.8 Å². The van der Waals surface area contributed by atoms with Crippen molar-refractivity contribution in [2.75, 3.05) is 19.8 Å². The van der Waals surface area contributed by atoms with Crippen molar-refractivity contribution in [2.45, 2.75) is 36.6 Å². The van der Waals surface area contributed by atoms with E-state index in [4.69, 9.17) is 14.6 Å². The van der Waals surface area contributed by atoms with Crippen LogP contribution in [0.25, 0.3) is 0 Å². The van der Waals surface area contributed by atoms with Crippen LogP contribution in [0.1, 0.15) is 11.5 Å². The van der Waals surface area contributed by atoms with Crippen LogP contribution >= 0.6 is 0 Å².